The lowest BCUT2D eigenvalue weighted by Crippen LogP contribution is -2.30. The van der Waals surface area contributed by atoms with Crippen molar-refractivity contribution >= 4 is 44.0 Å². The Morgan fingerprint density at radius 3 is 2.48 bits per heavy atom. The van der Waals surface area contributed by atoms with Gasteiger partial charge in [-0.15, -0.1) is 11.3 Å². The number of thiazole rings is 1. The number of halogens is 3. The number of nitrogens with zero attached hydrogens (tertiary/aromatic N) is 2. The number of carbonyl (C=O) groups is 1. The van der Waals surface area contributed by atoms with E-state index in [4.69, 9.17) is 11.6 Å². The first kappa shape index (κ1) is 23.3. The van der Waals surface area contributed by atoms with Gasteiger partial charge in [0.25, 0.3) is 5.91 Å². The van der Waals surface area contributed by atoms with Crippen LogP contribution in [0.1, 0.15) is 24.2 Å². The summed E-state index contributed by atoms with van der Waals surface area (Å²) in [7, 11) is -3.77. The van der Waals surface area contributed by atoms with E-state index in [1.807, 2.05) is 0 Å². The van der Waals surface area contributed by atoms with Gasteiger partial charge in [0.05, 0.1) is 21.2 Å². The molecule has 6 nitrogen and oxygen atoms in total. The lowest BCUT2D eigenvalue weighted by molar-refractivity contribution is 0.102. The number of benzene rings is 2. The number of hydrogen-bond acceptors (Lipinski definition) is 5. The van der Waals surface area contributed by atoms with Crippen molar-refractivity contribution in [2.45, 2.75) is 18.7 Å². The Bertz CT molecular complexity index is 1230. The highest BCUT2D eigenvalue weighted by atomic mass is 35.5. The van der Waals surface area contributed by atoms with Crippen LogP contribution in [0.15, 0.2) is 46.7 Å². The van der Waals surface area contributed by atoms with E-state index in [-0.39, 0.29) is 33.7 Å². The van der Waals surface area contributed by atoms with Gasteiger partial charge in [-0.3, -0.25) is 10.1 Å². The number of amides is 1. The smallest absolute Gasteiger partial charge is 0.259 e. The number of rotatable bonds is 7. The average molecular weight is 486 g/mol. The molecule has 3 aromatic rings. The van der Waals surface area contributed by atoms with Gasteiger partial charge < -0.3 is 0 Å². The Labute approximate surface area is 187 Å². The van der Waals surface area contributed by atoms with Crippen LogP contribution in [0.25, 0.3) is 11.3 Å². The quantitative estimate of drug-likeness (QED) is 0.509. The molecular weight excluding hydrogens is 468 g/mol. The van der Waals surface area contributed by atoms with Crippen molar-refractivity contribution in [3.63, 3.8) is 0 Å². The third kappa shape index (κ3) is 4.93. The minimum Gasteiger partial charge on any atom is -0.298 e. The van der Waals surface area contributed by atoms with E-state index < -0.39 is 27.6 Å². The molecule has 0 radical (unpaired) electrons. The number of anilines is 1. The molecule has 0 aliphatic heterocycles. The summed E-state index contributed by atoms with van der Waals surface area (Å²) in [4.78, 5) is 16.9. The molecule has 0 spiro atoms. The molecule has 0 fully saturated rings. The lowest BCUT2D eigenvalue weighted by Gasteiger charge is -2.19. The molecule has 31 heavy (non-hydrogen) atoms. The zero-order valence-corrected chi connectivity index (χ0v) is 18.9. The SMILES string of the molecule is CCN(CC)S(=O)(=O)c1ccc(Cl)c(C(=O)Nc2nc(-c3ccc(F)c(F)c3)cs2)c1. The molecule has 164 valence electrons. The first-order valence-corrected chi connectivity index (χ1v) is 11.9. The van der Waals surface area contributed by atoms with Crippen molar-refractivity contribution in [3.05, 3.63) is 64.0 Å². The second-order valence-corrected chi connectivity index (χ2v) is 9.56. The van der Waals surface area contributed by atoms with Crippen molar-refractivity contribution in [3.8, 4) is 11.3 Å². The molecule has 0 aliphatic carbocycles. The number of carbonyl (C=O) groups excluding carboxylic acids is 1. The van der Waals surface area contributed by atoms with Crippen molar-refractivity contribution in [2.24, 2.45) is 0 Å². The largest absolute Gasteiger partial charge is 0.298 e. The molecule has 1 aromatic heterocycles. The minimum atomic E-state index is -3.77. The lowest BCUT2D eigenvalue weighted by atomic mass is 10.2. The first-order valence-electron chi connectivity index (χ1n) is 9.19. The van der Waals surface area contributed by atoms with E-state index in [0.717, 1.165) is 23.5 Å². The van der Waals surface area contributed by atoms with Crippen LogP contribution in [0.3, 0.4) is 0 Å². The number of aromatic nitrogens is 1. The van der Waals surface area contributed by atoms with Gasteiger partial charge in [-0.2, -0.15) is 4.31 Å². The summed E-state index contributed by atoms with van der Waals surface area (Å²) >= 11 is 7.20. The predicted octanol–water partition coefficient (Wildman–Crippen LogP) is 5.02. The summed E-state index contributed by atoms with van der Waals surface area (Å²) in [5.74, 6) is -2.62. The Morgan fingerprint density at radius 2 is 1.84 bits per heavy atom. The van der Waals surface area contributed by atoms with Gasteiger partial charge in [0, 0.05) is 24.0 Å². The highest BCUT2D eigenvalue weighted by Crippen LogP contribution is 2.28. The standard InChI is InChI=1S/C20H18ClF2N3O3S2/c1-3-26(4-2)31(28,29)13-6-7-15(21)14(10-13)19(27)25-20-24-18(11-30-20)12-5-8-16(22)17(23)9-12/h5-11H,3-4H2,1-2H3,(H,24,25,27). The van der Waals surface area contributed by atoms with Crippen molar-refractivity contribution in [1.29, 1.82) is 0 Å². The first-order chi connectivity index (χ1) is 14.7. The van der Waals surface area contributed by atoms with Gasteiger partial charge in [-0.05, 0) is 36.4 Å². The monoisotopic (exact) mass is 485 g/mol. The van der Waals surface area contributed by atoms with Crippen LogP contribution in [0.2, 0.25) is 5.02 Å². The summed E-state index contributed by atoms with van der Waals surface area (Å²) in [6.45, 7) is 4.01. The fourth-order valence-corrected chi connectivity index (χ4v) is 5.24. The molecule has 0 saturated carbocycles. The van der Waals surface area contributed by atoms with Crippen LogP contribution in [0.4, 0.5) is 13.9 Å². The van der Waals surface area contributed by atoms with Gasteiger partial charge in [0.2, 0.25) is 10.0 Å². The Balaban J connectivity index is 1.86. The summed E-state index contributed by atoms with van der Waals surface area (Å²) < 4.78 is 53.3. The molecule has 1 heterocycles. The van der Waals surface area contributed by atoms with Crippen LogP contribution in [-0.2, 0) is 10.0 Å². The predicted molar refractivity (Wildman–Crippen MR) is 117 cm³/mol. The van der Waals surface area contributed by atoms with Crippen LogP contribution in [0.5, 0.6) is 0 Å². The highest BCUT2D eigenvalue weighted by molar-refractivity contribution is 7.89. The van der Waals surface area contributed by atoms with Crippen LogP contribution >= 0.6 is 22.9 Å². The molecule has 1 amide bonds. The Hall–Kier alpha value is -2.40. The molecule has 0 saturated heterocycles. The van der Waals surface area contributed by atoms with Crippen molar-refractivity contribution < 1.29 is 22.0 Å². The summed E-state index contributed by atoms with van der Waals surface area (Å²) in [5.41, 5.74) is 0.670. The normalized spacial score (nSPS) is 11.7. The van der Waals surface area contributed by atoms with Crippen LogP contribution in [-0.4, -0.2) is 36.7 Å². The second-order valence-electron chi connectivity index (χ2n) is 6.35. The third-order valence-corrected chi connectivity index (χ3v) is 7.60. The highest BCUT2D eigenvalue weighted by Gasteiger charge is 2.24. The summed E-state index contributed by atoms with van der Waals surface area (Å²) in [6, 6.07) is 7.28. The maximum atomic E-state index is 13.5. The molecule has 11 heteroatoms. The van der Waals surface area contributed by atoms with Crippen LogP contribution < -0.4 is 5.32 Å². The van der Waals surface area contributed by atoms with E-state index in [2.05, 4.69) is 10.3 Å². The molecule has 0 atom stereocenters. The second kappa shape index (κ2) is 9.39. The van der Waals surface area contributed by atoms with Gasteiger partial charge in [-0.1, -0.05) is 25.4 Å². The van der Waals surface area contributed by atoms with Crippen molar-refractivity contribution in [2.75, 3.05) is 18.4 Å². The molecule has 0 aliphatic rings. The summed E-state index contributed by atoms with van der Waals surface area (Å²) in [5, 5.41) is 4.40. The van der Waals surface area contributed by atoms with Gasteiger partial charge in [0.1, 0.15) is 0 Å². The molecule has 3 rings (SSSR count). The Kier molecular flexibility index (Phi) is 7.05. The number of nitrogens with one attached hydrogen (secondary N) is 1. The van der Waals surface area contributed by atoms with Gasteiger partial charge in [-0.25, -0.2) is 22.2 Å². The molecule has 0 unspecified atom stereocenters. The van der Waals surface area contributed by atoms with Gasteiger partial charge in [0.15, 0.2) is 16.8 Å². The number of hydrogen-bond donors (Lipinski definition) is 1. The molecule has 2 aromatic carbocycles. The summed E-state index contributed by atoms with van der Waals surface area (Å²) in [6.07, 6.45) is 0. The number of sulfonamides is 1. The van der Waals surface area contributed by atoms with Gasteiger partial charge >= 0.3 is 0 Å². The zero-order chi connectivity index (χ0) is 22.8. The Morgan fingerprint density at radius 1 is 1.13 bits per heavy atom. The molecule has 1 N–H and O–H groups in total. The topological polar surface area (TPSA) is 79.4 Å². The van der Waals surface area contributed by atoms with E-state index in [9.17, 15) is 22.0 Å². The van der Waals surface area contributed by atoms with E-state index in [1.54, 1.807) is 19.2 Å². The van der Waals surface area contributed by atoms with E-state index >= 15 is 0 Å². The van der Waals surface area contributed by atoms with Crippen molar-refractivity contribution in [1.82, 2.24) is 9.29 Å². The van der Waals surface area contributed by atoms with Crippen LogP contribution in [0, 0.1) is 11.6 Å². The minimum absolute atomic E-state index is 0.0283. The fourth-order valence-electron chi connectivity index (χ4n) is 2.84. The zero-order valence-electron chi connectivity index (χ0n) is 16.5. The molecule has 0 bridgehead atoms. The van der Waals surface area contributed by atoms with E-state index in [0.29, 0.717) is 11.3 Å². The van der Waals surface area contributed by atoms with E-state index in [1.165, 1.54) is 28.6 Å². The molecular formula is C20H18ClF2N3O3S2. The maximum absolute atomic E-state index is 13.5. The fraction of sp³-hybridized carbons (Fsp3) is 0.200. The average Bonchev–Trinajstić information content (AvgIpc) is 3.19. The maximum Gasteiger partial charge on any atom is 0.259 e. The third-order valence-electron chi connectivity index (χ3n) is 4.47.